The van der Waals surface area contributed by atoms with Crippen molar-refractivity contribution in [3.63, 3.8) is 0 Å². The molecule has 192 valence electrons. The second-order valence-electron chi connectivity index (χ2n) is 12.2. The Morgan fingerprint density at radius 1 is 1.03 bits per heavy atom. The Hall–Kier alpha value is -1.03. The van der Waals surface area contributed by atoms with Crippen molar-refractivity contribution in [3.8, 4) is 0 Å². The Labute approximate surface area is 201 Å². The van der Waals surface area contributed by atoms with Crippen LogP contribution in [0.2, 0.25) is 0 Å². The van der Waals surface area contributed by atoms with E-state index in [9.17, 15) is 25.2 Å². The average Bonchev–Trinajstić information content (AvgIpc) is 3.07. The van der Waals surface area contributed by atoms with Crippen LogP contribution in [0.4, 0.5) is 0 Å². The van der Waals surface area contributed by atoms with E-state index in [1.54, 1.807) is 6.92 Å². The van der Waals surface area contributed by atoms with Crippen molar-refractivity contribution in [1.29, 1.82) is 0 Å². The van der Waals surface area contributed by atoms with Crippen molar-refractivity contribution in [2.75, 3.05) is 0 Å². The maximum Gasteiger partial charge on any atom is 0.307 e. The predicted octanol–water partition coefficient (Wildman–Crippen LogP) is 1.94. The van der Waals surface area contributed by atoms with Gasteiger partial charge in [-0.15, -0.1) is 0 Å². The maximum absolute atomic E-state index is 12.0. The molecule has 5 aliphatic rings. The molecule has 12 atom stereocenters. The highest BCUT2D eigenvalue weighted by Crippen LogP contribution is 2.67. The minimum absolute atomic E-state index is 0.00677. The van der Waals surface area contributed by atoms with Gasteiger partial charge in [-0.05, 0) is 81.0 Å². The fraction of sp³-hybridized carbons (Fsp3) is 0.885. The van der Waals surface area contributed by atoms with E-state index in [2.05, 4.69) is 19.9 Å². The number of carbonyl (C=O) groups is 1. The van der Waals surface area contributed by atoms with Crippen LogP contribution in [0.5, 0.6) is 0 Å². The lowest BCUT2D eigenvalue weighted by molar-refractivity contribution is -0.301. The lowest BCUT2D eigenvalue weighted by Crippen LogP contribution is -2.65. The molecule has 1 saturated heterocycles. The predicted molar refractivity (Wildman–Crippen MR) is 123 cm³/mol. The summed E-state index contributed by atoms with van der Waals surface area (Å²) in [5, 5.41) is 40.3. The van der Waals surface area contributed by atoms with Gasteiger partial charge in [0.1, 0.15) is 18.3 Å². The van der Waals surface area contributed by atoms with E-state index in [0.29, 0.717) is 18.3 Å². The van der Waals surface area contributed by atoms with Gasteiger partial charge in [0, 0.05) is 5.54 Å². The third-order valence-corrected chi connectivity index (χ3v) is 10.8. The van der Waals surface area contributed by atoms with Crippen molar-refractivity contribution >= 4 is 5.97 Å². The van der Waals surface area contributed by atoms with Crippen LogP contribution in [0.15, 0.2) is 11.6 Å². The fourth-order valence-electron chi connectivity index (χ4n) is 8.57. The summed E-state index contributed by atoms with van der Waals surface area (Å²) >= 11 is 0. The molecule has 1 aliphatic heterocycles. The van der Waals surface area contributed by atoms with E-state index in [0.717, 1.165) is 44.9 Å². The lowest BCUT2D eigenvalue weighted by atomic mass is 9.44. The van der Waals surface area contributed by atoms with Crippen LogP contribution >= 0.6 is 0 Å². The number of nitrogens with two attached hydrogens (primary N) is 1. The minimum atomic E-state index is -1.30. The molecule has 0 amide bonds. The largest absolute Gasteiger partial charge is 0.481 e. The molecule has 0 aromatic heterocycles. The first-order valence-electron chi connectivity index (χ1n) is 13.0. The molecule has 0 unspecified atom stereocenters. The van der Waals surface area contributed by atoms with Gasteiger partial charge < -0.3 is 35.6 Å². The van der Waals surface area contributed by atoms with Crippen LogP contribution in [-0.4, -0.2) is 68.7 Å². The molecule has 0 radical (unpaired) electrons. The number of hydrogen-bond donors (Lipinski definition) is 5. The molecular formula is C26H41NO7. The third-order valence-electron chi connectivity index (χ3n) is 10.8. The minimum Gasteiger partial charge on any atom is -0.481 e. The molecule has 4 aliphatic carbocycles. The lowest BCUT2D eigenvalue weighted by Gasteiger charge is -2.62. The Balaban J connectivity index is 1.34. The van der Waals surface area contributed by atoms with Gasteiger partial charge in [0.25, 0.3) is 0 Å². The number of hydrogen-bond acceptors (Lipinski definition) is 7. The summed E-state index contributed by atoms with van der Waals surface area (Å²) in [6.07, 6.45) is 3.49. The quantitative estimate of drug-likeness (QED) is 0.387. The summed E-state index contributed by atoms with van der Waals surface area (Å²) in [5.41, 5.74) is 7.75. The van der Waals surface area contributed by atoms with Gasteiger partial charge in [0.05, 0.1) is 18.1 Å². The first kappa shape index (κ1) is 24.7. The van der Waals surface area contributed by atoms with E-state index < -0.39 is 42.2 Å². The van der Waals surface area contributed by atoms with Gasteiger partial charge in [-0.25, -0.2) is 0 Å². The summed E-state index contributed by atoms with van der Waals surface area (Å²) in [4.78, 5) is 12.0. The van der Waals surface area contributed by atoms with Crippen LogP contribution in [0.25, 0.3) is 0 Å². The van der Waals surface area contributed by atoms with Crippen molar-refractivity contribution in [2.45, 2.75) is 114 Å². The smallest absolute Gasteiger partial charge is 0.307 e. The van der Waals surface area contributed by atoms with Gasteiger partial charge in [0.15, 0.2) is 6.29 Å². The Morgan fingerprint density at radius 2 is 1.76 bits per heavy atom. The highest BCUT2D eigenvalue weighted by Gasteiger charge is 2.66. The molecule has 4 fully saturated rings. The Kier molecular flexibility index (Phi) is 5.98. The molecule has 3 saturated carbocycles. The van der Waals surface area contributed by atoms with E-state index in [-0.39, 0.29) is 22.9 Å². The van der Waals surface area contributed by atoms with E-state index in [1.165, 1.54) is 5.57 Å². The van der Waals surface area contributed by atoms with Crippen LogP contribution in [-0.2, 0) is 14.3 Å². The molecular weight excluding hydrogens is 438 g/mol. The van der Waals surface area contributed by atoms with Gasteiger partial charge in [-0.2, -0.15) is 0 Å². The zero-order valence-corrected chi connectivity index (χ0v) is 20.5. The van der Waals surface area contributed by atoms with E-state index in [4.69, 9.17) is 15.2 Å². The number of fused-ring (bicyclic) bond motifs is 5. The monoisotopic (exact) mass is 479 g/mol. The highest BCUT2D eigenvalue weighted by molar-refractivity contribution is 5.72. The van der Waals surface area contributed by atoms with Gasteiger partial charge >= 0.3 is 5.97 Å². The molecule has 0 spiro atoms. The van der Waals surface area contributed by atoms with Crippen LogP contribution in [0.1, 0.15) is 72.1 Å². The number of rotatable bonds is 3. The molecule has 0 aromatic carbocycles. The maximum atomic E-state index is 12.0. The first-order chi connectivity index (χ1) is 15.9. The van der Waals surface area contributed by atoms with Crippen LogP contribution in [0, 0.1) is 28.6 Å². The third kappa shape index (κ3) is 3.36. The fourth-order valence-corrected chi connectivity index (χ4v) is 8.57. The van der Waals surface area contributed by atoms with E-state index in [1.807, 2.05) is 0 Å². The summed E-state index contributed by atoms with van der Waals surface area (Å²) < 4.78 is 11.8. The first-order valence-corrected chi connectivity index (χ1v) is 13.0. The van der Waals surface area contributed by atoms with Crippen LogP contribution < -0.4 is 5.73 Å². The number of allylic oxidation sites excluding steroid dienone is 1. The zero-order valence-electron chi connectivity index (χ0n) is 20.5. The normalized spacial score (nSPS) is 55.0. The van der Waals surface area contributed by atoms with E-state index >= 15 is 0 Å². The molecule has 8 nitrogen and oxygen atoms in total. The highest BCUT2D eigenvalue weighted by atomic mass is 16.7. The molecule has 1 heterocycles. The molecule has 6 N–H and O–H groups in total. The number of carboxylic acid groups (broad SMARTS) is 1. The van der Waals surface area contributed by atoms with Crippen molar-refractivity contribution in [1.82, 2.24) is 0 Å². The summed E-state index contributed by atoms with van der Waals surface area (Å²) in [6.45, 7) is 6.12. The molecule has 0 aromatic rings. The number of aliphatic hydroxyl groups is 3. The molecule has 8 heteroatoms. The number of aliphatic carboxylic acids is 1. The zero-order chi connectivity index (χ0) is 24.6. The van der Waals surface area contributed by atoms with Crippen molar-refractivity contribution in [2.24, 2.45) is 34.3 Å². The summed E-state index contributed by atoms with van der Waals surface area (Å²) in [6, 6.07) is 0. The second-order valence-corrected chi connectivity index (χ2v) is 12.2. The average molecular weight is 480 g/mol. The summed E-state index contributed by atoms with van der Waals surface area (Å²) in [5.74, 6) is -0.318. The number of aliphatic hydroxyl groups excluding tert-OH is 3. The molecule has 0 bridgehead atoms. The van der Waals surface area contributed by atoms with Gasteiger partial charge in [-0.1, -0.05) is 25.5 Å². The van der Waals surface area contributed by atoms with Crippen LogP contribution in [0.3, 0.4) is 0 Å². The second kappa shape index (κ2) is 8.25. The van der Waals surface area contributed by atoms with Gasteiger partial charge in [-0.3, -0.25) is 4.79 Å². The standard InChI is InChI=1S/C26H41NO7/c1-13-19(28)20(29)21(30)23(33-13)34-15-6-9-24(2)14(12-15)4-5-17-16(24)7-10-25(3)18(22(31)32)8-11-26(17,25)27/h12-13,15-21,23,28-30H,4-11,27H2,1-3H3,(H,31,32)/t13-,15+,16-,17+,18-,19-,20+,21+,23-,24-,25+,26+/m0/s1. The molecule has 34 heavy (non-hydrogen) atoms. The Morgan fingerprint density at radius 3 is 2.47 bits per heavy atom. The van der Waals surface area contributed by atoms with Crippen molar-refractivity contribution < 1.29 is 34.7 Å². The Bertz CT molecular complexity index is 864. The topological polar surface area (TPSA) is 142 Å². The number of ether oxygens (including phenoxy) is 2. The SMILES string of the molecule is C[C@@H]1O[C@@H](O[C@H]2C=C3CC[C@@H]4[C@H](CC[C@]5(C)[C@H](C(=O)O)CC[C@@]45N)[C@@]3(C)CC2)[C@H](O)[C@H](O)[C@H]1O. The molecule has 5 rings (SSSR count). The van der Waals surface area contributed by atoms with Crippen molar-refractivity contribution in [3.05, 3.63) is 11.6 Å². The number of carboxylic acids is 1. The van der Waals surface area contributed by atoms with Gasteiger partial charge in [0.2, 0.25) is 0 Å². The summed E-state index contributed by atoms with van der Waals surface area (Å²) in [7, 11) is 0.